The lowest BCUT2D eigenvalue weighted by Crippen LogP contribution is -2.27. The highest BCUT2D eigenvalue weighted by atomic mass is 16.5. The number of benzene rings is 1. The molecule has 1 N–H and O–H groups in total. The number of carbonyl (C=O) groups is 1. The van der Waals surface area contributed by atoms with Crippen LogP contribution in [-0.4, -0.2) is 24.5 Å². The van der Waals surface area contributed by atoms with Gasteiger partial charge in [0.1, 0.15) is 5.75 Å². The Balaban J connectivity index is 1.76. The summed E-state index contributed by atoms with van der Waals surface area (Å²) in [6.45, 7) is 0.622. The highest BCUT2D eigenvalue weighted by molar-refractivity contribution is 5.78. The third-order valence-electron chi connectivity index (χ3n) is 2.98. The molecule has 1 aromatic carbocycles. The van der Waals surface area contributed by atoms with Crippen LogP contribution >= 0.6 is 0 Å². The van der Waals surface area contributed by atoms with Crippen molar-refractivity contribution < 1.29 is 9.53 Å². The normalized spacial score (nSPS) is 10.1. The molecule has 2 rings (SSSR count). The third kappa shape index (κ3) is 4.39. The van der Waals surface area contributed by atoms with Crippen LogP contribution in [0.15, 0.2) is 48.8 Å². The van der Waals surface area contributed by atoms with Gasteiger partial charge < -0.3 is 10.1 Å². The molecule has 104 valence electrons. The van der Waals surface area contributed by atoms with Crippen LogP contribution in [0.3, 0.4) is 0 Å². The fourth-order valence-corrected chi connectivity index (χ4v) is 1.92. The van der Waals surface area contributed by atoms with Gasteiger partial charge in [0.25, 0.3) is 0 Å². The molecule has 0 aliphatic heterocycles. The Labute approximate surface area is 118 Å². The molecule has 2 aromatic rings. The molecule has 4 nitrogen and oxygen atoms in total. The maximum absolute atomic E-state index is 11.8. The third-order valence-corrected chi connectivity index (χ3v) is 2.98. The molecule has 1 amide bonds. The van der Waals surface area contributed by atoms with Gasteiger partial charge in [-0.25, -0.2) is 0 Å². The van der Waals surface area contributed by atoms with Gasteiger partial charge in [-0.2, -0.15) is 0 Å². The summed E-state index contributed by atoms with van der Waals surface area (Å²) in [5, 5.41) is 2.92. The van der Waals surface area contributed by atoms with E-state index in [1.807, 2.05) is 36.4 Å². The first-order valence-corrected chi connectivity index (χ1v) is 6.56. The highest BCUT2D eigenvalue weighted by Gasteiger charge is 2.03. The van der Waals surface area contributed by atoms with Gasteiger partial charge in [-0.15, -0.1) is 0 Å². The lowest BCUT2D eigenvalue weighted by Gasteiger charge is -2.06. The van der Waals surface area contributed by atoms with Crippen LogP contribution in [-0.2, 0) is 17.6 Å². The Morgan fingerprint density at radius 3 is 2.75 bits per heavy atom. The zero-order valence-corrected chi connectivity index (χ0v) is 11.5. The molecule has 1 heterocycles. The minimum Gasteiger partial charge on any atom is -0.497 e. The van der Waals surface area contributed by atoms with Crippen LogP contribution < -0.4 is 10.1 Å². The van der Waals surface area contributed by atoms with E-state index in [1.165, 1.54) is 0 Å². The maximum Gasteiger partial charge on any atom is 0.224 e. The zero-order valence-electron chi connectivity index (χ0n) is 11.5. The first-order chi connectivity index (χ1) is 9.78. The molecule has 0 saturated heterocycles. The van der Waals surface area contributed by atoms with E-state index in [0.717, 1.165) is 23.3 Å². The van der Waals surface area contributed by atoms with Gasteiger partial charge in [0.2, 0.25) is 5.91 Å². The molecule has 4 heteroatoms. The standard InChI is InChI=1S/C16H18N2O2/c1-20-15-4-2-3-13(11-15)7-10-18-16(19)12-14-5-8-17-9-6-14/h2-6,8-9,11H,7,10,12H2,1H3,(H,18,19). The van der Waals surface area contributed by atoms with Gasteiger partial charge >= 0.3 is 0 Å². The SMILES string of the molecule is COc1cccc(CCNC(=O)Cc2ccncc2)c1. The predicted molar refractivity (Wildman–Crippen MR) is 77.6 cm³/mol. The summed E-state index contributed by atoms with van der Waals surface area (Å²) >= 11 is 0. The van der Waals surface area contributed by atoms with Crippen LogP contribution in [0.4, 0.5) is 0 Å². The Bertz CT molecular complexity index is 555. The number of ether oxygens (including phenoxy) is 1. The Hall–Kier alpha value is -2.36. The predicted octanol–water partition coefficient (Wildman–Crippen LogP) is 1.99. The monoisotopic (exact) mass is 270 g/mol. The molecule has 1 aromatic heterocycles. The quantitative estimate of drug-likeness (QED) is 0.873. The molecule has 0 aliphatic rings. The van der Waals surface area contributed by atoms with E-state index >= 15 is 0 Å². The van der Waals surface area contributed by atoms with Crippen molar-refractivity contribution in [2.24, 2.45) is 0 Å². The van der Waals surface area contributed by atoms with Crippen LogP contribution in [0.5, 0.6) is 5.75 Å². The van der Waals surface area contributed by atoms with Crippen LogP contribution in [0.1, 0.15) is 11.1 Å². The number of nitrogens with zero attached hydrogens (tertiary/aromatic N) is 1. The molecule has 0 spiro atoms. The van der Waals surface area contributed by atoms with Crippen molar-refractivity contribution in [2.75, 3.05) is 13.7 Å². The van der Waals surface area contributed by atoms with Crippen molar-refractivity contribution in [1.29, 1.82) is 0 Å². The molecular formula is C16H18N2O2. The van der Waals surface area contributed by atoms with Gasteiger partial charge in [-0.05, 0) is 41.8 Å². The summed E-state index contributed by atoms with van der Waals surface area (Å²) < 4.78 is 5.17. The first kappa shape index (κ1) is 14.1. The minimum atomic E-state index is 0.0269. The second-order valence-electron chi connectivity index (χ2n) is 4.48. The van der Waals surface area contributed by atoms with Crippen molar-refractivity contribution >= 4 is 5.91 Å². The van der Waals surface area contributed by atoms with Crippen LogP contribution in [0, 0.1) is 0 Å². The highest BCUT2D eigenvalue weighted by Crippen LogP contribution is 2.12. The van der Waals surface area contributed by atoms with E-state index in [-0.39, 0.29) is 5.91 Å². The van der Waals surface area contributed by atoms with E-state index in [2.05, 4.69) is 10.3 Å². The summed E-state index contributed by atoms with van der Waals surface area (Å²) in [5.74, 6) is 0.865. The average Bonchev–Trinajstić information content (AvgIpc) is 2.48. The van der Waals surface area contributed by atoms with Gasteiger partial charge in [-0.3, -0.25) is 9.78 Å². The number of pyridine rings is 1. The average molecular weight is 270 g/mol. The summed E-state index contributed by atoms with van der Waals surface area (Å²) in [4.78, 5) is 15.7. The fourth-order valence-electron chi connectivity index (χ4n) is 1.92. The topological polar surface area (TPSA) is 51.2 Å². The van der Waals surface area contributed by atoms with Gasteiger partial charge in [0.05, 0.1) is 13.5 Å². The number of rotatable bonds is 6. The number of nitrogens with one attached hydrogen (secondary N) is 1. The molecule has 0 bridgehead atoms. The minimum absolute atomic E-state index is 0.0269. The maximum atomic E-state index is 11.8. The van der Waals surface area contributed by atoms with Crippen molar-refractivity contribution in [3.05, 3.63) is 59.9 Å². The summed E-state index contributed by atoms with van der Waals surface area (Å²) in [7, 11) is 1.65. The van der Waals surface area contributed by atoms with Gasteiger partial charge in [0, 0.05) is 18.9 Å². The molecule has 20 heavy (non-hydrogen) atoms. The van der Waals surface area contributed by atoms with Crippen molar-refractivity contribution in [3.63, 3.8) is 0 Å². The number of carbonyl (C=O) groups excluding carboxylic acids is 1. The molecule has 0 radical (unpaired) electrons. The number of aromatic nitrogens is 1. The van der Waals surface area contributed by atoms with Crippen LogP contribution in [0.25, 0.3) is 0 Å². The number of methoxy groups -OCH3 is 1. The fraction of sp³-hybridized carbons (Fsp3) is 0.250. The molecule has 0 fully saturated rings. The van der Waals surface area contributed by atoms with Crippen molar-refractivity contribution in [3.8, 4) is 5.75 Å². The van der Waals surface area contributed by atoms with E-state index in [4.69, 9.17) is 4.74 Å². The summed E-state index contributed by atoms with van der Waals surface area (Å²) in [6.07, 6.45) is 4.57. The molecule has 0 aliphatic carbocycles. The lowest BCUT2D eigenvalue weighted by atomic mass is 10.1. The molecule has 0 saturated carbocycles. The van der Waals surface area contributed by atoms with Crippen molar-refractivity contribution in [2.45, 2.75) is 12.8 Å². The molecule has 0 unspecified atom stereocenters. The Kier molecular flexibility index (Phi) is 5.12. The Morgan fingerprint density at radius 2 is 2.00 bits per heavy atom. The van der Waals surface area contributed by atoms with E-state index in [9.17, 15) is 4.79 Å². The number of hydrogen-bond acceptors (Lipinski definition) is 3. The Morgan fingerprint density at radius 1 is 1.20 bits per heavy atom. The number of amides is 1. The van der Waals surface area contributed by atoms with Crippen LogP contribution in [0.2, 0.25) is 0 Å². The smallest absolute Gasteiger partial charge is 0.224 e. The molecule has 0 atom stereocenters. The van der Waals surface area contributed by atoms with E-state index in [0.29, 0.717) is 13.0 Å². The second kappa shape index (κ2) is 7.28. The zero-order chi connectivity index (χ0) is 14.2. The lowest BCUT2D eigenvalue weighted by molar-refractivity contribution is -0.120. The summed E-state index contributed by atoms with van der Waals surface area (Å²) in [5.41, 5.74) is 2.12. The second-order valence-corrected chi connectivity index (χ2v) is 4.48. The molecular weight excluding hydrogens is 252 g/mol. The van der Waals surface area contributed by atoms with E-state index in [1.54, 1.807) is 19.5 Å². The van der Waals surface area contributed by atoms with E-state index < -0.39 is 0 Å². The first-order valence-electron chi connectivity index (χ1n) is 6.56. The number of hydrogen-bond donors (Lipinski definition) is 1. The largest absolute Gasteiger partial charge is 0.497 e. The summed E-state index contributed by atoms with van der Waals surface area (Å²) in [6, 6.07) is 11.6. The van der Waals surface area contributed by atoms with Gasteiger partial charge in [-0.1, -0.05) is 12.1 Å². The van der Waals surface area contributed by atoms with Gasteiger partial charge in [0.15, 0.2) is 0 Å². The van der Waals surface area contributed by atoms with Crippen molar-refractivity contribution in [1.82, 2.24) is 10.3 Å².